The average molecular weight is 315 g/mol. The molecule has 122 valence electrons. The van der Waals surface area contributed by atoms with Crippen molar-refractivity contribution >= 4 is 16.5 Å². The van der Waals surface area contributed by atoms with Crippen molar-refractivity contribution in [3.8, 4) is 0 Å². The van der Waals surface area contributed by atoms with Gasteiger partial charge in [0.05, 0.1) is 11.5 Å². The summed E-state index contributed by atoms with van der Waals surface area (Å²) in [6.07, 6.45) is 7.53. The zero-order valence-electron chi connectivity index (χ0n) is 13.4. The van der Waals surface area contributed by atoms with Gasteiger partial charge in [-0.2, -0.15) is 10.6 Å². The summed E-state index contributed by atoms with van der Waals surface area (Å²) < 4.78 is 19.2. The van der Waals surface area contributed by atoms with E-state index in [0.29, 0.717) is 36.4 Å². The SMILES string of the molecule is CC1CCCC(C)(C)C1/C=C/C(=O)N1CCS(O)(O)CC1. The first-order valence-electron chi connectivity index (χ1n) is 7.92. The average Bonchev–Trinajstić information content (AvgIpc) is 2.37. The quantitative estimate of drug-likeness (QED) is 0.765. The van der Waals surface area contributed by atoms with Gasteiger partial charge in [-0.3, -0.25) is 13.9 Å². The number of nitrogens with zero attached hydrogens (tertiary/aromatic N) is 1. The van der Waals surface area contributed by atoms with Crippen LogP contribution in [0, 0.1) is 17.3 Å². The fourth-order valence-corrected chi connectivity index (χ4v) is 4.91. The molecule has 1 saturated heterocycles. The van der Waals surface area contributed by atoms with Crippen LogP contribution in [0.15, 0.2) is 12.2 Å². The topological polar surface area (TPSA) is 60.8 Å². The molecule has 2 rings (SSSR count). The minimum Gasteiger partial charge on any atom is -0.336 e. The van der Waals surface area contributed by atoms with Crippen LogP contribution >= 0.6 is 10.6 Å². The highest BCUT2D eigenvalue weighted by Crippen LogP contribution is 2.44. The fraction of sp³-hybridized carbons (Fsp3) is 0.812. The van der Waals surface area contributed by atoms with Gasteiger partial charge in [0.25, 0.3) is 0 Å². The molecular formula is C16H29NO3S. The Morgan fingerprint density at radius 1 is 1.29 bits per heavy atom. The third-order valence-corrected chi connectivity index (χ3v) is 6.80. The Kier molecular flexibility index (Phi) is 5.06. The van der Waals surface area contributed by atoms with Gasteiger partial charge >= 0.3 is 0 Å². The lowest BCUT2D eigenvalue weighted by Crippen LogP contribution is -2.41. The summed E-state index contributed by atoms with van der Waals surface area (Å²) in [5.74, 6) is 1.71. The Labute approximate surface area is 129 Å². The van der Waals surface area contributed by atoms with E-state index in [4.69, 9.17) is 0 Å². The molecule has 0 aromatic heterocycles. The van der Waals surface area contributed by atoms with Gasteiger partial charge in [-0.05, 0) is 29.7 Å². The molecule has 4 nitrogen and oxygen atoms in total. The van der Waals surface area contributed by atoms with Crippen LogP contribution in [0.4, 0.5) is 0 Å². The first-order chi connectivity index (χ1) is 9.71. The molecule has 2 N–H and O–H groups in total. The number of allylic oxidation sites excluding steroid dienone is 1. The van der Waals surface area contributed by atoms with Crippen LogP contribution in [0.25, 0.3) is 0 Å². The highest BCUT2D eigenvalue weighted by molar-refractivity contribution is 8.24. The Morgan fingerprint density at radius 3 is 2.48 bits per heavy atom. The Bertz CT molecular complexity index is 410. The van der Waals surface area contributed by atoms with Crippen LogP contribution in [0.1, 0.15) is 40.0 Å². The summed E-state index contributed by atoms with van der Waals surface area (Å²) >= 11 is 0. The van der Waals surface area contributed by atoms with E-state index < -0.39 is 10.6 Å². The molecule has 2 fully saturated rings. The molecule has 0 aromatic rings. The van der Waals surface area contributed by atoms with Crippen molar-refractivity contribution in [3.05, 3.63) is 12.2 Å². The predicted molar refractivity (Wildman–Crippen MR) is 88.6 cm³/mol. The van der Waals surface area contributed by atoms with Gasteiger partial charge in [-0.15, -0.1) is 0 Å². The Hall–Kier alpha value is -0.520. The molecule has 5 heteroatoms. The van der Waals surface area contributed by atoms with Crippen LogP contribution in [0.3, 0.4) is 0 Å². The molecule has 2 unspecified atom stereocenters. The molecule has 1 aliphatic heterocycles. The third kappa shape index (κ3) is 4.24. The number of carbonyl (C=O) groups excluding carboxylic acids is 1. The van der Waals surface area contributed by atoms with E-state index in [-0.39, 0.29) is 11.3 Å². The fourth-order valence-electron chi connectivity index (χ4n) is 3.68. The summed E-state index contributed by atoms with van der Waals surface area (Å²) in [7, 11) is -2.43. The number of carbonyl (C=O) groups is 1. The van der Waals surface area contributed by atoms with Crippen molar-refractivity contribution in [2.24, 2.45) is 17.3 Å². The summed E-state index contributed by atoms with van der Waals surface area (Å²) in [5.41, 5.74) is 0.256. The second-order valence-corrected chi connectivity index (χ2v) is 9.70. The summed E-state index contributed by atoms with van der Waals surface area (Å²) in [6, 6.07) is 0. The smallest absolute Gasteiger partial charge is 0.246 e. The van der Waals surface area contributed by atoms with Gasteiger partial charge in [0, 0.05) is 13.1 Å². The van der Waals surface area contributed by atoms with E-state index in [9.17, 15) is 13.9 Å². The number of hydrogen-bond donors (Lipinski definition) is 2. The lowest BCUT2D eigenvalue weighted by molar-refractivity contribution is -0.125. The van der Waals surface area contributed by atoms with Crippen molar-refractivity contribution in [1.82, 2.24) is 4.90 Å². The lowest BCUT2D eigenvalue weighted by Gasteiger charge is -2.42. The molecule has 1 amide bonds. The molecule has 2 aliphatic rings. The maximum Gasteiger partial charge on any atom is 0.246 e. The first-order valence-corrected chi connectivity index (χ1v) is 9.80. The van der Waals surface area contributed by atoms with Gasteiger partial charge in [0.15, 0.2) is 0 Å². The molecule has 1 heterocycles. The van der Waals surface area contributed by atoms with Gasteiger partial charge in [0.2, 0.25) is 5.91 Å². The van der Waals surface area contributed by atoms with E-state index in [1.807, 2.05) is 0 Å². The molecule has 1 saturated carbocycles. The van der Waals surface area contributed by atoms with Crippen molar-refractivity contribution in [1.29, 1.82) is 0 Å². The maximum atomic E-state index is 12.3. The zero-order chi connectivity index (χ0) is 15.7. The van der Waals surface area contributed by atoms with E-state index in [1.54, 1.807) is 11.0 Å². The molecule has 0 aromatic carbocycles. The van der Waals surface area contributed by atoms with Gasteiger partial charge in [0.1, 0.15) is 0 Å². The zero-order valence-corrected chi connectivity index (χ0v) is 14.2. The standard InChI is InChI=1S/C16H29NO3S/c1-13-5-4-8-16(2,3)14(13)6-7-15(18)17-9-11-21(19,20)12-10-17/h6-7,13-14,19-20H,4-5,8-12H2,1-3H3/b7-6+. The second kappa shape index (κ2) is 6.31. The molecule has 2 atom stereocenters. The largest absolute Gasteiger partial charge is 0.336 e. The second-order valence-electron chi connectivity index (χ2n) is 7.28. The van der Waals surface area contributed by atoms with Crippen LogP contribution in [0.2, 0.25) is 0 Å². The van der Waals surface area contributed by atoms with Crippen molar-refractivity contribution in [2.75, 3.05) is 24.6 Å². The van der Waals surface area contributed by atoms with E-state index in [2.05, 4.69) is 26.8 Å². The summed E-state index contributed by atoms with van der Waals surface area (Å²) in [6.45, 7) is 7.76. The van der Waals surface area contributed by atoms with Crippen LogP contribution < -0.4 is 0 Å². The molecular weight excluding hydrogens is 286 g/mol. The Balaban J connectivity index is 1.95. The highest BCUT2D eigenvalue weighted by Gasteiger charge is 2.35. The minimum absolute atomic E-state index is 0.0125. The third-order valence-electron chi connectivity index (χ3n) is 5.13. The number of hydrogen-bond acceptors (Lipinski definition) is 3. The number of amides is 1. The monoisotopic (exact) mass is 315 g/mol. The predicted octanol–water partition coefficient (Wildman–Crippen LogP) is 3.60. The molecule has 0 spiro atoms. The molecule has 0 radical (unpaired) electrons. The van der Waals surface area contributed by atoms with Gasteiger partial charge in [-0.25, -0.2) is 0 Å². The van der Waals surface area contributed by atoms with E-state index in [1.165, 1.54) is 19.3 Å². The molecule has 21 heavy (non-hydrogen) atoms. The number of rotatable bonds is 2. The van der Waals surface area contributed by atoms with Crippen LogP contribution in [-0.2, 0) is 4.79 Å². The van der Waals surface area contributed by atoms with Crippen molar-refractivity contribution in [3.63, 3.8) is 0 Å². The summed E-state index contributed by atoms with van der Waals surface area (Å²) in [5, 5.41) is 0. The molecule has 0 bridgehead atoms. The van der Waals surface area contributed by atoms with Crippen LogP contribution in [-0.4, -0.2) is 44.5 Å². The lowest BCUT2D eigenvalue weighted by atomic mass is 9.64. The normalized spacial score (nSPS) is 33.9. The first kappa shape index (κ1) is 16.8. The maximum absolute atomic E-state index is 12.3. The van der Waals surface area contributed by atoms with E-state index >= 15 is 0 Å². The Morgan fingerprint density at radius 2 is 1.90 bits per heavy atom. The van der Waals surface area contributed by atoms with Gasteiger partial charge < -0.3 is 4.90 Å². The summed E-state index contributed by atoms with van der Waals surface area (Å²) in [4.78, 5) is 14.0. The van der Waals surface area contributed by atoms with Crippen LogP contribution in [0.5, 0.6) is 0 Å². The van der Waals surface area contributed by atoms with Crippen molar-refractivity contribution in [2.45, 2.75) is 40.0 Å². The van der Waals surface area contributed by atoms with Crippen molar-refractivity contribution < 1.29 is 13.9 Å². The highest BCUT2D eigenvalue weighted by atomic mass is 32.3. The van der Waals surface area contributed by atoms with E-state index in [0.717, 1.165) is 0 Å². The van der Waals surface area contributed by atoms with Gasteiger partial charge in [-0.1, -0.05) is 39.7 Å². The minimum atomic E-state index is -2.43. The molecule has 1 aliphatic carbocycles.